The molecule has 1 aliphatic heterocycles. The monoisotopic (exact) mass is 287 g/mol. The second-order valence-corrected chi connectivity index (χ2v) is 6.38. The molecule has 0 aliphatic carbocycles. The fraction of sp³-hybridized carbons (Fsp3) is 0.545. The van der Waals surface area contributed by atoms with Crippen molar-refractivity contribution in [2.75, 3.05) is 18.8 Å². The molecule has 2 heterocycles. The normalized spacial score (nSPS) is 19.6. The van der Waals surface area contributed by atoms with Crippen molar-refractivity contribution in [3.63, 3.8) is 0 Å². The second-order valence-electron chi connectivity index (χ2n) is 4.72. The average molecular weight is 287 g/mol. The molecular formula is C11H17N3O4S. The van der Waals surface area contributed by atoms with Crippen molar-refractivity contribution in [2.24, 2.45) is 11.1 Å². The van der Waals surface area contributed by atoms with Crippen molar-refractivity contribution in [1.82, 2.24) is 10.2 Å². The molecule has 1 atom stereocenters. The van der Waals surface area contributed by atoms with Crippen molar-refractivity contribution < 1.29 is 17.6 Å². The number of sulfonamides is 1. The number of furan rings is 1. The van der Waals surface area contributed by atoms with E-state index in [0.29, 0.717) is 26.1 Å². The van der Waals surface area contributed by atoms with Crippen molar-refractivity contribution >= 4 is 16.1 Å². The Labute approximate surface area is 111 Å². The predicted octanol–water partition coefficient (Wildman–Crippen LogP) is 0.0996. The molecule has 8 heteroatoms. The van der Waals surface area contributed by atoms with Gasteiger partial charge in [-0.3, -0.25) is 0 Å². The summed E-state index contributed by atoms with van der Waals surface area (Å²) in [4.78, 5) is 13.5. The van der Waals surface area contributed by atoms with E-state index >= 15 is 0 Å². The molecule has 2 rings (SSSR count). The molecular weight excluding hydrogens is 270 g/mol. The zero-order chi connectivity index (χ0) is 13.9. The summed E-state index contributed by atoms with van der Waals surface area (Å²) in [5.41, 5.74) is 0.883. The van der Waals surface area contributed by atoms with Gasteiger partial charge in [-0.05, 0) is 18.4 Å². The Morgan fingerprint density at radius 2 is 2.37 bits per heavy atom. The first-order chi connectivity index (χ1) is 8.94. The number of amides is 2. The quantitative estimate of drug-likeness (QED) is 0.819. The Balaban J connectivity index is 1.78. The molecule has 7 nitrogen and oxygen atoms in total. The van der Waals surface area contributed by atoms with Gasteiger partial charge in [-0.15, -0.1) is 0 Å². The maximum absolute atomic E-state index is 11.9. The minimum absolute atomic E-state index is 0.0709. The number of carbonyl (C=O) groups is 1. The van der Waals surface area contributed by atoms with Gasteiger partial charge in [0, 0.05) is 25.2 Å². The van der Waals surface area contributed by atoms with Crippen LogP contribution in [0.15, 0.2) is 23.0 Å². The van der Waals surface area contributed by atoms with Gasteiger partial charge in [0.25, 0.3) is 0 Å². The van der Waals surface area contributed by atoms with Crippen LogP contribution in [0.3, 0.4) is 0 Å². The number of carbonyl (C=O) groups excluding carboxylic acids is 1. The van der Waals surface area contributed by atoms with Gasteiger partial charge >= 0.3 is 6.03 Å². The highest BCUT2D eigenvalue weighted by atomic mass is 32.2. The van der Waals surface area contributed by atoms with Crippen molar-refractivity contribution in [3.05, 3.63) is 24.2 Å². The third kappa shape index (κ3) is 4.25. The van der Waals surface area contributed by atoms with Gasteiger partial charge in [0.2, 0.25) is 10.0 Å². The van der Waals surface area contributed by atoms with Gasteiger partial charge in [0.05, 0.1) is 18.3 Å². The van der Waals surface area contributed by atoms with Crippen LogP contribution in [-0.2, 0) is 16.6 Å². The number of primary sulfonamides is 1. The molecule has 0 spiro atoms. The summed E-state index contributed by atoms with van der Waals surface area (Å²) < 4.78 is 26.9. The molecule has 1 aromatic rings. The molecule has 19 heavy (non-hydrogen) atoms. The Morgan fingerprint density at radius 3 is 3.00 bits per heavy atom. The first-order valence-corrected chi connectivity index (χ1v) is 7.70. The van der Waals surface area contributed by atoms with E-state index in [2.05, 4.69) is 5.32 Å². The number of urea groups is 1. The molecule has 0 radical (unpaired) electrons. The van der Waals surface area contributed by atoms with Crippen LogP contribution >= 0.6 is 0 Å². The molecule has 0 unspecified atom stereocenters. The molecule has 1 fully saturated rings. The molecule has 2 amide bonds. The van der Waals surface area contributed by atoms with E-state index in [9.17, 15) is 13.2 Å². The molecule has 1 aromatic heterocycles. The van der Waals surface area contributed by atoms with Gasteiger partial charge in [0.1, 0.15) is 0 Å². The average Bonchev–Trinajstić information content (AvgIpc) is 2.94. The smallest absolute Gasteiger partial charge is 0.317 e. The summed E-state index contributed by atoms with van der Waals surface area (Å²) in [7, 11) is -3.48. The molecule has 0 bridgehead atoms. The zero-order valence-electron chi connectivity index (χ0n) is 10.4. The third-order valence-corrected chi connectivity index (χ3v) is 4.00. The Morgan fingerprint density at radius 1 is 1.58 bits per heavy atom. The number of nitrogens with two attached hydrogens (primary N) is 1. The lowest BCUT2D eigenvalue weighted by molar-refractivity contribution is 0.207. The second kappa shape index (κ2) is 5.62. The summed E-state index contributed by atoms with van der Waals surface area (Å²) >= 11 is 0. The summed E-state index contributed by atoms with van der Waals surface area (Å²) in [5.74, 6) is -0.145. The number of likely N-dealkylation sites (tertiary alicyclic amines) is 1. The number of hydrogen-bond acceptors (Lipinski definition) is 4. The Hall–Kier alpha value is -1.54. The summed E-state index contributed by atoms with van der Waals surface area (Å²) in [5, 5.41) is 7.76. The van der Waals surface area contributed by atoms with E-state index in [1.165, 1.54) is 0 Å². The molecule has 1 saturated heterocycles. The number of nitrogens with zero attached hydrogens (tertiary/aromatic N) is 1. The summed E-state index contributed by atoms with van der Waals surface area (Å²) in [6.45, 7) is 1.37. The Kier molecular flexibility index (Phi) is 4.11. The maximum atomic E-state index is 11.9. The number of rotatable bonds is 4. The van der Waals surface area contributed by atoms with Crippen molar-refractivity contribution in [3.8, 4) is 0 Å². The van der Waals surface area contributed by atoms with Crippen LogP contribution in [0.4, 0.5) is 4.79 Å². The van der Waals surface area contributed by atoms with Crippen LogP contribution in [0.1, 0.15) is 12.0 Å². The molecule has 106 valence electrons. The number of nitrogens with one attached hydrogen (secondary N) is 1. The van der Waals surface area contributed by atoms with Crippen molar-refractivity contribution in [1.29, 1.82) is 0 Å². The van der Waals surface area contributed by atoms with Crippen LogP contribution in [0.25, 0.3) is 0 Å². The molecule has 0 aromatic carbocycles. The van der Waals surface area contributed by atoms with Crippen LogP contribution in [0.2, 0.25) is 0 Å². The standard InChI is InChI=1S/C11H17N3O4S/c12-19(16,17)8-10-1-3-14(6-10)11(15)13-5-9-2-4-18-7-9/h2,4,7,10H,1,3,5-6,8H2,(H,13,15)(H2,12,16,17)/t10-/m0/s1. The zero-order valence-corrected chi connectivity index (χ0v) is 11.2. The topological polar surface area (TPSA) is 106 Å². The van der Waals surface area contributed by atoms with Crippen LogP contribution in [0.5, 0.6) is 0 Å². The predicted molar refractivity (Wildman–Crippen MR) is 68.6 cm³/mol. The van der Waals surface area contributed by atoms with E-state index in [0.717, 1.165) is 5.56 Å². The minimum atomic E-state index is -3.48. The fourth-order valence-corrected chi connectivity index (χ4v) is 3.09. The van der Waals surface area contributed by atoms with Crippen molar-refractivity contribution in [2.45, 2.75) is 13.0 Å². The van der Waals surface area contributed by atoms with Gasteiger partial charge in [-0.25, -0.2) is 18.4 Å². The Bertz CT molecular complexity index is 526. The minimum Gasteiger partial charge on any atom is -0.472 e. The SMILES string of the molecule is NS(=O)(=O)C[C@H]1CCN(C(=O)NCc2ccoc2)C1. The molecule has 3 N–H and O–H groups in total. The van der Waals surface area contributed by atoms with Crippen LogP contribution < -0.4 is 10.5 Å². The van der Waals surface area contributed by atoms with Crippen LogP contribution in [-0.4, -0.2) is 38.2 Å². The van der Waals surface area contributed by atoms with E-state index in [-0.39, 0.29) is 17.7 Å². The van der Waals surface area contributed by atoms with Gasteiger partial charge in [0.15, 0.2) is 0 Å². The maximum Gasteiger partial charge on any atom is 0.317 e. The first-order valence-electron chi connectivity index (χ1n) is 5.98. The van der Waals surface area contributed by atoms with Gasteiger partial charge in [-0.2, -0.15) is 0 Å². The van der Waals surface area contributed by atoms with E-state index in [1.807, 2.05) is 0 Å². The lowest BCUT2D eigenvalue weighted by Gasteiger charge is -2.16. The van der Waals surface area contributed by atoms with E-state index in [1.54, 1.807) is 23.5 Å². The van der Waals surface area contributed by atoms with E-state index in [4.69, 9.17) is 9.56 Å². The van der Waals surface area contributed by atoms with Crippen LogP contribution in [0, 0.1) is 5.92 Å². The molecule has 0 saturated carbocycles. The summed E-state index contributed by atoms with van der Waals surface area (Å²) in [6.07, 6.45) is 3.77. The van der Waals surface area contributed by atoms with Gasteiger partial charge < -0.3 is 14.6 Å². The summed E-state index contributed by atoms with van der Waals surface area (Å²) in [6, 6.07) is 1.58. The highest BCUT2D eigenvalue weighted by Gasteiger charge is 2.28. The molecule has 1 aliphatic rings. The third-order valence-electron chi connectivity index (χ3n) is 3.06. The van der Waals surface area contributed by atoms with Gasteiger partial charge in [-0.1, -0.05) is 0 Å². The largest absolute Gasteiger partial charge is 0.472 e. The van der Waals surface area contributed by atoms with E-state index < -0.39 is 10.0 Å². The lowest BCUT2D eigenvalue weighted by atomic mass is 10.2. The highest BCUT2D eigenvalue weighted by molar-refractivity contribution is 7.89. The highest BCUT2D eigenvalue weighted by Crippen LogP contribution is 2.17. The first kappa shape index (κ1) is 13.9. The number of hydrogen-bond donors (Lipinski definition) is 2. The lowest BCUT2D eigenvalue weighted by Crippen LogP contribution is -2.38. The fourth-order valence-electron chi connectivity index (χ4n) is 2.16.